The molecule has 0 unspecified atom stereocenters. The van der Waals surface area contributed by atoms with Crippen molar-refractivity contribution < 1.29 is 19.5 Å². The zero-order chi connectivity index (χ0) is 8.15. The maximum Gasteiger partial charge on any atom is 0.372 e. The molecule has 0 saturated heterocycles. The fourth-order valence-electron chi connectivity index (χ4n) is 0.344. The van der Waals surface area contributed by atoms with Gasteiger partial charge in [0.2, 0.25) is 11.7 Å². The van der Waals surface area contributed by atoms with Crippen molar-refractivity contribution in [1.29, 1.82) is 0 Å². The molecule has 0 aliphatic heterocycles. The molecule has 0 aromatic carbocycles. The number of carbonyl (C=O) groups excluding carboxylic acids is 2. The summed E-state index contributed by atoms with van der Waals surface area (Å²) >= 11 is 0. The second-order valence-corrected chi connectivity index (χ2v) is 1.69. The summed E-state index contributed by atoms with van der Waals surface area (Å²) in [4.78, 5) is 30.1. The highest BCUT2D eigenvalue weighted by molar-refractivity contribution is 6.32. The maximum absolute atomic E-state index is 10.2. The van der Waals surface area contributed by atoms with Crippen LogP contribution in [0.3, 0.4) is 0 Å². The standard InChI is InChI=1S/C5H7NO4/c6-4(8)2-1-3(7)5(9)10/h1-2H2,(H2,6,8)(H,9,10). The van der Waals surface area contributed by atoms with Gasteiger partial charge < -0.3 is 10.8 Å². The van der Waals surface area contributed by atoms with Gasteiger partial charge in [0.05, 0.1) is 0 Å². The smallest absolute Gasteiger partial charge is 0.372 e. The summed E-state index contributed by atoms with van der Waals surface area (Å²) in [5.74, 6) is -3.19. The van der Waals surface area contributed by atoms with Crippen LogP contribution in [0, 0.1) is 0 Å². The molecule has 0 radical (unpaired) electrons. The highest BCUT2D eigenvalue weighted by atomic mass is 16.4. The van der Waals surface area contributed by atoms with Gasteiger partial charge in [0.15, 0.2) is 0 Å². The van der Waals surface area contributed by atoms with Gasteiger partial charge in [0, 0.05) is 12.8 Å². The average molecular weight is 145 g/mol. The molecule has 0 bridgehead atoms. The van der Waals surface area contributed by atoms with Crippen LogP contribution in [0.1, 0.15) is 12.8 Å². The van der Waals surface area contributed by atoms with Gasteiger partial charge >= 0.3 is 5.97 Å². The molecule has 1 amide bonds. The molecule has 56 valence electrons. The minimum absolute atomic E-state index is 0.203. The first-order chi connectivity index (χ1) is 4.54. The Morgan fingerprint density at radius 3 is 2.00 bits per heavy atom. The molecule has 0 fully saturated rings. The first-order valence-electron chi connectivity index (χ1n) is 2.58. The Bertz CT molecular complexity index is 174. The van der Waals surface area contributed by atoms with E-state index in [0.29, 0.717) is 0 Å². The minimum atomic E-state index is -1.53. The van der Waals surface area contributed by atoms with Crippen molar-refractivity contribution in [3.05, 3.63) is 0 Å². The fourth-order valence-corrected chi connectivity index (χ4v) is 0.344. The van der Waals surface area contributed by atoms with E-state index in [4.69, 9.17) is 5.11 Å². The molecule has 0 aliphatic carbocycles. The number of aliphatic carboxylic acids is 1. The van der Waals surface area contributed by atoms with Gasteiger partial charge in [-0.3, -0.25) is 9.59 Å². The summed E-state index contributed by atoms with van der Waals surface area (Å²) in [6, 6.07) is 0. The summed E-state index contributed by atoms with van der Waals surface area (Å²) in [5, 5.41) is 7.99. The predicted octanol–water partition coefficient (Wildman–Crippen LogP) is -1.09. The van der Waals surface area contributed by atoms with E-state index in [1.165, 1.54) is 0 Å². The van der Waals surface area contributed by atoms with Crippen molar-refractivity contribution >= 4 is 17.7 Å². The summed E-state index contributed by atoms with van der Waals surface area (Å²) in [6.07, 6.45) is -0.518. The SMILES string of the molecule is NC(=O)CCC(=O)C(=O)O. The second kappa shape index (κ2) is 3.60. The highest BCUT2D eigenvalue weighted by Gasteiger charge is 2.11. The normalized spacial score (nSPS) is 8.80. The van der Waals surface area contributed by atoms with Crippen LogP contribution in [0.4, 0.5) is 0 Å². The van der Waals surface area contributed by atoms with Gasteiger partial charge in [-0.2, -0.15) is 0 Å². The van der Waals surface area contributed by atoms with Gasteiger partial charge in [-0.1, -0.05) is 0 Å². The van der Waals surface area contributed by atoms with Crippen LogP contribution >= 0.6 is 0 Å². The van der Waals surface area contributed by atoms with Crippen molar-refractivity contribution in [2.45, 2.75) is 12.8 Å². The Morgan fingerprint density at radius 2 is 1.70 bits per heavy atom. The van der Waals surface area contributed by atoms with Crippen molar-refractivity contribution in [2.75, 3.05) is 0 Å². The third-order valence-electron chi connectivity index (χ3n) is 0.837. The molecule has 5 heteroatoms. The first kappa shape index (κ1) is 8.61. The molecule has 0 spiro atoms. The van der Waals surface area contributed by atoms with Gasteiger partial charge in [-0.25, -0.2) is 4.79 Å². The number of carbonyl (C=O) groups is 3. The number of primary amides is 1. The maximum atomic E-state index is 10.2. The van der Waals surface area contributed by atoms with E-state index < -0.39 is 17.7 Å². The number of Topliss-reactive ketones (excluding diaryl/α,β-unsaturated/α-hetero) is 1. The topological polar surface area (TPSA) is 97.5 Å². The van der Waals surface area contributed by atoms with E-state index in [1.54, 1.807) is 0 Å². The summed E-state index contributed by atoms with van der Waals surface area (Å²) < 4.78 is 0. The number of nitrogens with two attached hydrogens (primary N) is 1. The van der Waals surface area contributed by atoms with E-state index in [1.807, 2.05) is 0 Å². The van der Waals surface area contributed by atoms with E-state index in [-0.39, 0.29) is 12.8 Å². The van der Waals surface area contributed by atoms with Gasteiger partial charge in [0.1, 0.15) is 0 Å². The lowest BCUT2D eigenvalue weighted by molar-refractivity contribution is -0.149. The van der Waals surface area contributed by atoms with Crippen molar-refractivity contribution in [3.63, 3.8) is 0 Å². The monoisotopic (exact) mass is 145 g/mol. The summed E-state index contributed by atoms with van der Waals surface area (Å²) in [6.45, 7) is 0. The number of carboxylic acids is 1. The fraction of sp³-hybridized carbons (Fsp3) is 0.400. The number of hydrogen-bond acceptors (Lipinski definition) is 3. The van der Waals surface area contributed by atoms with Crippen LogP contribution < -0.4 is 5.73 Å². The zero-order valence-corrected chi connectivity index (χ0v) is 5.16. The molecule has 3 N–H and O–H groups in total. The van der Waals surface area contributed by atoms with Gasteiger partial charge in [-0.05, 0) is 0 Å². The minimum Gasteiger partial charge on any atom is -0.476 e. The van der Waals surface area contributed by atoms with Gasteiger partial charge in [-0.15, -0.1) is 0 Å². The van der Waals surface area contributed by atoms with Crippen LogP contribution in [0.25, 0.3) is 0 Å². The van der Waals surface area contributed by atoms with Crippen LogP contribution in [-0.2, 0) is 14.4 Å². The first-order valence-corrected chi connectivity index (χ1v) is 2.58. The van der Waals surface area contributed by atoms with Crippen LogP contribution in [0.2, 0.25) is 0 Å². The zero-order valence-electron chi connectivity index (χ0n) is 5.16. The molecule has 0 rings (SSSR count). The van der Waals surface area contributed by atoms with Crippen molar-refractivity contribution in [3.8, 4) is 0 Å². The number of rotatable bonds is 4. The van der Waals surface area contributed by atoms with Crippen molar-refractivity contribution in [2.24, 2.45) is 5.73 Å². The second-order valence-electron chi connectivity index (χ2n) is 1.69. The van der Waals surface area contributed by atoms with E-state index >= 15 is 0 Å². The Kier molecular flexibility index (Phi) is 3.10. The van der Waals surface area contributed by atoms with E-state index in [9.17, 15) is 14.4 Å². The number of hydrogen-bond donors (Lipinski definition) is 2. The molecule has 0 aromatic heterocycles. The molecule has 5 nitrogen and oxygen atoms in total. The molecule has 0 atom stereocenters. The molecule has 0 aromatic rings. The summed E-state index contributed by atoms with van der Waals surface area (Å²) in [5.41, 5.74) is 4.66. The molecular weight excluding hydrogens is 138 g/mol. The third kappa shape index (κ3) is 3.59. The number of amides is 1. The highest BCUT2D eigenvalue weighted by Crippen LogP contribution is 1.88. The third-order valence-corrected chi connectivity index (χ3v) is 0.837. The number of carboxylic acid groups (broad SMARTS) is 1. The van der Waals surface area contributed by atoms with Gasteiger partial charge in [0.25, 0.3) is 0 Å². The quantitative estimate of drug-likeness (QED) is 0.491. The molecular formula is C5H7NO4. The molecule has 0 aliphatic rings. The summed E-state index contributed by atoms with van der Waals surface area (Å²) in [7, 11) is 0. The van der Waals surface area contributed by atoms with Crippen LogP contribution in [0.15, 0.2) is 0 Å². The van der Waals surface area contributed by atoms with Crippen molar-refractivity contribution in [1.82, 2.24) is 0 Å². The Hall–Kier alpha value is -1.39. The Labute approximate surface area is 56.8 Å². The largest absolute Gasteiger partial charge is 0.476 e. The lowest BCUT2D eigenvalue weighted by atomic mass is 10.2. The Balaban J connectivity index is 3.60. The van der Waals surface area contributed by atoms with E-state index in [0.717, 1.165) is 0 Å². The van der Waals surface area contributed by atoms with E-state index in [2.05, 4.69) is 5.73 Å². The van der Waals surface area contributed by atoms with Crippen LogP contribution in [-0.4, -0.2) is 22.8 Å². The van der Waals surface area contributed by atoms with Crippen LogP contribution in [0.5, 0.6) is 0 Å². The predicted molar refractivity (Wildman–Crippen MR) is 31.1 cm³/mol. The molecule has 0 heterocycles. The Morgan fingerprint density at radius 1 is 1.20 bits per heavy atom. The molecule has 0 saturated carbocycles. The lowest BCUT2D eigenvalue weighted by Crippen LogP contribution is -2.17. The average Bonchev–Trinajstić information content (AvgIpc) is 1.82. The molecule has 10 heavy (non-hydrogen) atoms. The number of ketones is 1. The lowest BCUT2D eigenvalue weighted by Gasteiger charge is -1.89.